The van der Waals surface area contributed by atoms with E-state index in [4.69, 9.17) is 9.47 Å². The predicted molar refractivity (Wildman–Crippen MR) is 56.5 cm³/mol. The number of ether oxygens (including phenoxy) is 2. The normalized spacial score (nSPS) is 12.9. The summed E-state index contributed by atoms with van der Waals surface area (Å²) in [4.78, 5) is 0. The molecule has 0 atom stereocenters. The quantitative estimate of drug-likeness (QED) is 0.707. The maximum absolute atomic E-state index is 13.5. The van der Waals surface area contributed by atoms with Crippen molar-refractivity contribution in [3.8, 4) is 5.75 Å². The lowest BCUT2D eigenvalue weighted by atomic mass is 10.1. The summed E-state index contributed by atoms with van der Waals surface area (Å²) in [5.41, 5.74) is 2.07. The van der Waals surface area contributed by atoms with Crippen LogP contribution in [-0.2, 0) is 11.2 Å². The number of benzene rings is 1. The number of rotatable bonds is 4. The Morgan fingerprint density at radius 2 is 2.20 bits per heavy atom. The van der Waals surface area contributed by atoms with Crippen LogP contribution in [0.2, 0.25) is 0 Å². The molecule has 0 amide bonds. The monoisotopic (exact) mass is 208 g/mol. The van der Waals surface area contributed by atoms with Crippen LogP contribution in [-0.4, -0.2) is 20.3 Å². The van der Waals surface area contributed by atoms with Gasteiger partial charge in [0.05, 0.1) is 6.61 Å². The first-order valence-corrected chi connectivity index (χ1v) is 4.92. The van der Waals surface area contributed by atoms with Crippen LogP contribution in [0.3, 0.4) is 0 Å². The summed E-state index contributed by atoms with van der Waals surface area (Å²) in [7, 11) is 1.59. The Morgan fingerprint density at radius 3 is 3.00 bits per heavy atom. The summed E-state index contributed by atoms with van der Waals surface area (Å²) in [5, 5.41) is 0. The maximum Gasteiger partial charge on any atom is 0.165 e. The highest BCUT2D eigenvalue weighted by Gasteiger charge is 2.11. The molecule has 1 aliphatic rings. The molecule has 0 saturated heterocycles. The number of methoxy groups -OCH3 is 1. The van der Waals surface area contributed by atoms with Crippen molar-refractivity contribution < 1.29 is 13.9 Å². The molecule has 0 bridgehead atoms. The van der Waals surface area contributed by atoms with Gasteiger partial charge >= 0.3 is 0 Å². The fourth-order valence-corrected chi connectivity index (χ4v) is 1.60. The van der Waals surface area contributed by atoms with E-state index in [2.05, 4.69) is 0 Å². The van der Waals surface area contributed by atoms with Crippen LogP contribution in [0.4, 0.5) is 4.39 Å². The molecular formula is C12H13FO2. The molecule has 0 radical (unpaired) electrons. The first-order chi connectivity index (χ1) is 7.31. The average molecular weight is 208 g/mol. The summed E-state index contributed by atoms with van der Waals surface area (Å²) in [6.07, 6.45) is 4.80. The zero-order chi connectivity index (χ0) is 10.7. The lowest BCUT2D eigenvalue weighted by Gasteiger charge is -2.08. The van der Waals surface area contributed by atoms with Gasteiger partial charge in [0, 0.05) is 7.11 Å². The molecule has 15 heavy (non-hydrogen) atoms. The number of halogens is 1. The van der Waals surface area contributed by atoms with Crippen LogP contribution in [0, 0.1) is 5.82 Å². The van der Waals surface area contributed by atoms with Gasteiger partial charge in [-0.3, -0.25) is 0 Å². The van der Waals surface area contributed by atoms with Crippen molar-refractivity contribution in [1.82, 2.24) is 0 Å². The standard InChI is InChI=1S/C12H13FO2/c1-14-5-6-15-12-8-10-4-2-3-9(10)7-11(12)13/h2-3,7-8H,4-6H2,1H3. The summed E-state index contributed by atoms with van der Waals surface area (Å²) in [6.45, 7) is 0.842. The van der Waals surface area contributed by atoms with E-state index < -0.39 is 0 Å². The third kappa shape index (κ3) is 2.18. The van der Waals surface area contributed by atoms with Gasteiger partial charge in [0.25, 0.3) is 0 Å². The topological polar surface area (TPSA) is 18.5 Å². The molecule has 1 aliphatic carbocycles. The second-order valence-electron chi connectivity index (χ2n) is 3.43. The first kappa shape index (κ1) is 10.2. The van der Waals surface area contributed by atoms with Crippen LogP contribution in [0.25, 0.3) is 6.08 Å². The van der Waals surface area contributed by atoms with Crippen molar-refractivity contribution in [2.75, 3.05) is 20.3 Å². The molecule has 0 aliphatic heterocycles. The van der Waals surface area contributed by atoms with Gasteiger partial charge < -0.3 is 9.47 Å². The van der Waals surface area contributed by atoms with Crippen molar-refractivity contribution in [3.63, 3.8) is 0 Å². The van der Waals surface area contributed by atoms with Crippen LogP contribution < -0.4 is 4.74 Å². The Labute approximate surface area is 88.3 Å². The van der Waals surface area contributed by atoms with Crippen molar-refractivity contribution in [2.24, 2.45) is 0 Å². The minimum Gasteiger partial charge on any atom is -0.488 e. The lowest BCUT2D eigenvalue weighted by molar-refractivity contribution is 0.144. The van der Waals surface area contributed by atoms with E-state index in [-0.39, 0.29) is 5.82 Å². The second-order valence-corrected chi connectivity index (χ2v) is 3.43. The van der Waals surface area contributed by atoms with E-state index in [9.17, 15) is 4.39 Å². The maximum atomic E-state index is 13.5. The van der Waals surface area contributed by atoms with Crippen LogP contribution in [0.5, 0.6) is 5.75 Å². The van der Waals surface area contributed by atoms with Crippen LogP contribution in [0.1, 0.15) is 11.1 Å². The Balaban J connectivity index is 2.12. The molecular weight excluding hydrogens is 195 g/mol. The van der Waals surface area contributed by atoms with Gasteiger partial charge in [-0.15, -0.1) is 0 Å². The van der Waals surface area contributed by atoms with E-state index in [1.165, 1.54) is 6.07 Å². The van der Waals surface area contributed by atoms with Crippen molar-refractivity contribution >= 4 is 6.08 Å². The van der Waals surface area contributed by atoms with Gasteiger partial charge in [-0.25, -0.2) is 4.39 Å². The molecule has 2 rings (SSSR count). The third-order valence-corrected chi connectivity index (χ3v) is 2.37. The molecule has 0 unspecified atom stereocenters. The Kier molecular flexibility index (Phi) is 3.02. The minimum absolute atomic E-state index is 0.309. The second kappa shape index (κ2) is 4.45. The Bertz CT molecular complexity index is 385. The van der Waals surface area contributed by atoms with Crippen LogP contribution >= 0.6 is 0 Å². The molecule has 0 N–H and O–H groups in total. The highest BCUT2D eigenvalue weighted by molar-refractivity contribution is 5.61. The number of hydrogen-bond donors (Lipinski definition) is 0. The van der Waals surface area contributed by atoms with Crippen LogP contribution in [0.15, 0.2) is 18.2 Å². The summed E-state index contributed by atoms with van der Waals surface area (Å²) < 4.78 is 23.6. The van der Waals surface area contributed by atoms with Gasteiger partial charge in [0.2, 0.25) is 0 Å². The van der Waals surface area contributed by atoms with Crippen molar-refractivity contribution in [2.45, 2.75) is 6.42 Å². The van der Waals surface area contributed by atoms with E-state index >= 15 is 0 Å². The molecule has 2 nitrogen and oxygen atoms in total. The van der Waals surface area contributed by atoms with Gasteiger partial charge in [0.1, 0.15) is 6.61 Å². The zero-order valence-corrected chi connectivity index (χ0v) is 8.63. The van der Waals surface area contributed by atoms with Gasteiger partial charge in [-0.2, -0.15) is 0 Å². The van der Waals surface area contributed by atoms with Gasteiger partial charge in [-0.1, -0.05) is 12.2 Å². The van der Waals surface area contributed by atoms with Gasteiger partial charge in [0.15, 0.2) is 11.6 Å². The molecule has 0 aromatic heterocycles. The molecule has 0 heterocycles. The number of allylic oxidation sites excluding steroid dienone is 1. The van der Waals surface area contributed by atoms with E-state index in [0.717, 1.165) is 17.5 Å². The number of fused-ring (bicyclic) bond motifs is 1. The smallest absolute Gasteiger partial charge is 0.165 e. The van der Waals surface area contributed by atoms with Gasteiger partial charge in [-0.05, 0) is 29.7 Å². The van der Waals surface area contributed by atoms with Crippen molar-refractivity contribution in [1.29, 1.82) is 0 Å². The van der Waals surface area contributed by atoms with E-state index in [0.29, 0.717) is 19.0 Å². The molecule has 1 aromatic rings. The molecule has 80 valence electrons. The third-order valence-electron chi connectivity index (χ3n) is 2.37. The van der Waals surface area contributed by atoms with Crippen molar-refractivity contribution in [3.05, 3.63) is 35.2 Å². The fraction of sp³-hybridized carbons (Fsp3) is 0.333. The lowest BCUT2D eigenvalue weighted by Crippen LogP contribution is -2.06. The average Bonchev–Trinajstić information content (AvgIpc) is 2.65. The SMILES string of the molecule is COCCOc1cc2c(cc1F)C=CC2. The predicted octanol–water partition coefficient (Wildman–Crippen LogP) is 2.42. The minimum atomic E-state index is -0.309. The highest BCUT2D eigenvalue weighted by Crippen LogP contribution is 2.27. The fourth-order valence-electron chi connectivity index (χ4n) is 1.60. The van der Waals surface area contributed by atoms with E-state index in [1.54, 1.807) is 13.2 Å². The Morgan fingerprint density at radius 1 is 1.33 bits per heavy atom. The van der Waals surface area contributed by atoms with E-state index in [1.807, 2.05) is 12.2 Å². The molecule has 3 heteroatoms. The molecule has 0 saturated carbocycles. The largest absolute Gasteiger partial charge is 0.488 e. The number of hydrogen-bond acceptors (Lipinski definition) is 2. The zero-order valence-electron chi connectivity index (χ0n) is 8.63. The first-order valence-electron chi connectivity index (χ1n) is 4.92. The summed E-state index contributed by atoms with van der Waals surface area (Å²) in [6, 6.07) is 3.28. The molecule has 0 spiro atoms. The Hall–Kier alpha value is -1.35. The summed E-state index contributed by atoms with van der Waals surface area (Å²) >= 11 is 0. The highest BCUT2D eigenvalue weighted by atomic mass is 19.1. The molecule has 1 aromatic carbocycles. The molecule has 0 fully saturated rings. The summed E-state index contributed by atoms with van der Waals surface area (Å²) in [5.74, 6) is 0.00547.